The third kappa shape index (κ3) is 5.15. The Morgan fingerprint density at radius 3 is 2.83 bits per heavy atom. The summed E-state index contributed by atoms with van der Waals surface area (Å²) in [5.74, 6) is -0.998. The summed E-state index contributed by atoms with van der Waals surface area (Å²) in [4.78, 5) is 14.1. The summed E-state index contributed by atoms with van der Waals surface area (Å²) in [5.41, 5.74) is 5.53. The molecule has 24 heavy (non-hydrogen) atoms. The normalized spacial score (nSPS) is 18.0. The lowest BCUT2D eigenvalue weighted by atomic mass is 10.1. The monoisotopic (exact) mass is 359 g/mol. The number of sulfonamides is 1. The molecule has 1 aliphatic heterocycles. The number of primary sulfonamides is 1. The molecule has 4 N–H and O–H groups in total. The highest BCUT2D eigenvalue weighted by Gasteiger charge is 2.30. The van der Waals surface area contributed by atoms with Crippen LogP contribution in [0.5, 0.6) is 5.75 Å². The molecule has 1 aromatic carbocycles. The zero-order valence-corrected chi connectivity index (χ0v) is 14.1. The second-order valence-corrected chi connectivity index (χ2v) is 7.53. The molecule has 0 unspecified atom stereocenters. The third-order valence-electron chi connectivity index (χ3n) is 3.82. The Hall–Kier alpha value is -1.71. The highest BCUT2D eigenvalue weighted by Crippen LogP contribution is 2.25. The molecular weight excluding hydrogens is 337 g/mol. The second kappa shape index (κ2) is 7.91. The molecule has 1 atom stereocenters. The van der Waals surface area contributed by atoms with E-state index in [-0.39, 0.29) is 29.7 Å². The van der Waals surface area contributed by atoms with Gasteiger partial charge in [0.05, 0.1) is 17.9 Å². The van der Waals surface area contributed by atoms with Crippen LogP contribution < -0.4 is 15.6 Å². The molecule has 1 aliphatic rings. The van der Waals surface area contributed by atoms with E-state index in [0.29, 0.717) is 38.3 Å². The molecule has 1 fully saturated rings. The predicted octanol–water partition coefficient (Wildman–Crippen LogP) is 0.304. The van der Waals surface area contributed by atoms with E-state index < -0.39 is 15.8 Å². The number of hydrogen-bond acceptors (Lipinski definition) is 5. The molecule has 0 bridgehead atoms. The number of hydrogen-bond donors (Lipinski definition) is 2. The smallest absolute Gasteiger partial charge is 0.257 e. The molecule has 1 amide bonds. The van der Waals surface area contributed by atoms with E-state index >= 15 is 0 Å². The molecule has 7 nitrogen and oxygen atoms in total. The van der Waals surface area contributed by atoms with Gasteiger partial charge < -0.3 is 15.4 Å². The van der Waals surface area contributed by atoms with Crippen LogP contribution in [0.2, 0.25) is 0 Å². The van der Waals surface area contributed by atoms with Crippen molar-refractivity contribution in [3.05, 3.63) is 29.6 Å². The standard InChI is InChI=1S/C15H22FN3O4S/c16-12-2-3-14(23-7-1-5-17)13(8-12)15(20)19-6-4-11(9-19)10-24(18,21)22/h2-3,8,11H,1,4-7,9-10,17H2,(H2,18,21,22)/t11-/m0/s1. The maximum atomic E-state index is 13.5. The molecule has 0 aliphatic carbocycles. The van der Waals surface area contributed by atoms with Gasteiger partial charge in [-0.15, -0.1) is 0 Å². The lowest BCUT2D eigenvalue weighted by molar-refractivity contribution is 0.0783. The van der Waals surface area contributed by atoms with Gasteiger partial charge in [0.15, 0.2) is 0 Å². The number of carbonyl (C=O) groups excluding carboxylic acids is 1. The number of rotatable bonds is 7. The number of ether oxygens (including phenoxy) is 1. The number of benzene rings is 1. The Morgan fingerprint density at radius 2 is 2.17 bits per heavy atom. The summed E-state index contributed by atoms with van der Waals surface area (Å²) in [5, 5.41) is 5.05. The number of nitrogens with two attached hydrogens (primary N) is 2. The van der Waals surface area contributed by atoms with E-state index in [2.05, 4.69) is 0 Å². The third-order valence-corrected chi connectivity index (χ3v) is 4.76. The average Bonchev–Trinajstić information content (AvgIpc) is 2.94. The second-order valence-electron chi connectivity index (χ2n) is 5.87. The molecule has 1 saturated heterocycles. The molecular formula is C15H22FN3O4S. The molecule has 1 heterocycles. The van der Waals surface area contributed by atoms with E-state index in [1.165, 1.54) is 17.0 Å². The predicted molar refractivity (Wildman–Crippen MR) is 87.6 cm³/mol. The molecule has 9 heteroatoms. The fraction of sp³-hybridized carbons (Fsp3) is 0.533. The van der Waals surface area contributed by atoms with Gasteiger partial charge in [-0.05, 0) is 43.5 Å². The first-order valence-electron chi connectivity index (χ1n) is 7.72. The van der Waals surface area contributed by atoms with Crippen LogP contribution in [0, 0.1) is 11.7 Å². The van der Waals surface area contributed by atoms with Crippen molar-refractivity contribution in [2.24, 2.45) is 16.8 Å². The lowest BCUT2D eigenvalue weighted by Crippen LogP contribution is -2.31. The maximum absolute atomic E-state index is 13.5. The van der Waals surface area contributed by atoms with Gasteiger partial charge in [-0.3, -0.25) is 4.79 Å². The van der Waals surface area contributed by atoms with Gasteiger partial charge in [0, 0.05) is 13.1 Å². The van der Waals surface area contributed by atoms with Crippen molar-refractivity contribution >= 4 is 15.9 Å². The van der Waals surface area contributed by atoms with E-state index in [1.54, 1.807) is 0 Å². The SMILES string of the molecule is NCCCOc1ccc(F)cc1C(=O)N1CC[C@H](CS(N)(=O)=O)C1. The topological polar surface area (TPSA) is 116 Å². The largest absolute Gasteiger partial charge is 0.493 e. The van der Waals surface area contributed by atoms with Crippen LogP contribution >= 0.6 is 0 Å². The lowest BCUT2D eigenvalue weighted by Gasteiger charge is -2.19. The van der Waals surface area contributed by atoms with Gasteiger partial charge in [0.1, 0.15) is 11.6 Å². The van der Waals surface area contributed by atoms with Crippen LogP contribution in [0.4, 0.5) is 4.39 Å². The summed E-state index contributed by atoms with van der Waals surface area (Å²) < 4.78 is 41.4. The summed E-state index contributed by atoms with van der Waals surface area (Å²) in [6, 6.07) is 3.77. The van der Waals surface area contributed by atoms with Crippen molar-refractivity contribution in [1.82, 2.24) is 4.90 Å². The Morgan fingerprint density at radius 1 is 1.42 bits per heavy atom. The van der Waals surface area contributed by atoms with Crippen molar-refractivity contribution < 1.29 is 22.3 Å². The molecule has 2 rings (SSSR count). The summed E-state index contributed by atoms with van der Waals surface area (Å²) in [6.45, 7) is 1.45. The minimum atomic E-state index is -3.59. The summed E-state index contributed by atoms with van der Waals surface area (Å²) >= 11 is 0. The maximum Gasteiger partial charge on any atom is 0.257 e. The van der Waals surface area contributed by atoms with Crippen molar-refractivity contribution in [2.45, 2.75) is 12.8 Å². The Labute approximate surface area is 140 Å². The molecule has 1 aromatic rings. The van der Waals surface area contributed by atoms with Gasteiger partial charge >= 0.3 is 0 Å². The first-order chi connectivity index (χ1) is 11.3. The van der Waals surface area contributed by atoms with E-state index in [9.17, 15) is 17.6 Å². The van der Waals surface area contributed by atoms with Crippen LogP contribution in [0.15, 0.2) is 18.2 Å². The summed E-state index contributed by atoms with van der Waals surface area (Å²) in [7, 11) is -3.59. The highest BCUT2D eigenvalue weighted by molar-refractivity contribution is 7.89. The Bertz CT molecular complexity index is 696. The Kier molecular flexibility index (Phi) is 6.14. The van der Waals surface area contributed by atoms with E-state index in [0.717, 1.165) is 6.07 Å². The van der Waals surface area contributed by atoms with Gasteiger partial charge in [-0.1, -0.05) is 0 Å². The summed E-state index contributed by atoms with van der Waals surface area (Å²) in [6.07, 6.45) is 1.16. The highest BCUT2D eigenvalue weighted by atomic mass is 32.2. The van der Waals surface area contributed by atoms with Crippen molar-refractivity contribution in [3.63, 3.8) is 0 Å². The van der Waals surface area contributed by atoms with Crippen LogP contribution in [-0.2, 0) is 10.0 Å². The fourth-order valence-electron chi connectivity index (χ4n) is 2.71. The quantitative estimate of drug-likeness (QED) is 0.680. The van der Waals surface area contributed by atoms with E-state index in [1.807, 2.05) is 0 Å². The fourth-order valence-corrected chi connectivity index (χ4v) is 3.64. The van der Waals surface area contributed by atoms with Gasteiger partial charge in [-0.2, -0.15) is 0 Å². The Balaban J connectivity index is 2.10. The zero-order valence-electron chi connectivity index (χ0n) is 13.3. The van der Waals surface area contributed by atoms with Crippen LogP contribution in [0.1, 0.15) is 23.2 Å². The molecule has 134 valence electrons. The number of likely N-dealkylation sites (tertiary alicyclic amines) is 1. The van der Waals surface area contributed by atoms with Crippen molar-refractivity contribution in [3.8, 4) is 5.75 Å². The van der Waals surface area contributed by atoms with Gasteiger partial charge in [-0.25, -0.2) is 17.9 Å². The van der Waals surface area contributed by atoms with Crippen LogP contribution in [0.25, 0.3) is 0 Å². The van der Waals surface area contributed by atoms with Crippen LogP contribution in [-0.4, -0.2) is 51.2 Å². The number of amides is 1. The van der Waals surface area contributed by atoms with Crippen molar-refractivity contribution in [2.75, 3.05) is 32.0 Å². The first-order valence-corrected chi connectivity index (χ1v) is 9.44. The average molecular weight is 359 g/mol. The zero-order chi connectivity index (χ0) is 17.7. The number of halogens is 1. The van der Waals surface area contributed by atoms with E-state index in [4.69, 9.17) is 15.6 Å². The minimum absolute atomic E-state index is 0.128. The van der Waals surface area contributed by atoms with Gasteiger partial charge in [0.25, 0.3) is 5.91 Å². The number of nitrogens with zero attached hydrogens (tertiary/aromatic N) is 1. The molecule has 0 spiro atoms. The minimum Gasteiger partial charge on any atom is -0.493 e. The molecule has 0 radical (unpaired) electrons. The molecule has 0 saturated carbocycles. The number of carbonyl (C=O) groups is 1. The first kappa shape index (κ1) is 18.6. The van der Waals surface area contributed by atoms with Gasteiger partial charge in [0.2, 0.25) is 10.0 Å². The molecule has 0 aromatic heterocycles. The van der Waals surface area contributed by atoms with Crippen LogP contribution in [0.3, 0.4) is 0 Å². The van der Waals surface area contributed by atoms with Crippen molar-refractivity contribution in [1.29, 1.82) is 0 Å².